The first-order valence-corrected chi connectivity index (χ1v) is 10.2. The Balaban J connectivity index is 1.76. The van der Waals surface area contributed by atoms with Crippen molar-refractivity contribution in [2.75, 3.05) is 6.54 Å². The summed E-state index contributed by atoms with van der Waals surface area (Å²) in [5.41, 5.74) is 0.715. The topological polar surface area (TPSA) is 75.7 Å². The van der Waals surface area contributed by atoms with E-state index in [9.17, 15) is 14.4 Å². The van der Waals surface area contributed by atoms with Gasteiger partial charge in [0, 0.05) is 5.02 Å². The van der Waals surface area contributed by atoms with E-state index in [2.05, 4.69) is 5.32 Å². The molecule has 1 heterocycles. The number of amides is 3. The van der Waals surface area contributed by atoms with Crippen LogP contribution in [0.4, 0.5) is 4.79 Å². The van der Waals surface area contributed by atoms with Crippen molar-refractivity contribution in [1.82, 2.24) is 10.2 Å². The first-order valence-electron chi connectivity index (χ1n) is 9.80. The van der Waals surface area contributed by atoms with Crippen LogP contribution in [0, 0.1) is 12.8 Å². The molecule has 3 amide bonds. The van der Waals surface area contributed by atoms with Crippen LogP contribution in [0.15, 0.2) is 12.1 Å². The maximum atomic E-state index is 13.0. The Hall–Kier alpha value is -2.08. The van der Waals surface area contributed by atoms with E-state index >= 15 is 0 Å². The highest BCUT2D eigenvalue weighted by Gasteiger charge is 2.55. The van der Waals surface area contributed by atoms with E-state index in [4.69, 9.17) is 16.3 Å². The van der Waals surface area contributed by atoms with E-state index in [1.165, 1.54) is 0 Å². The fourth-order valence-corrected chi connectivity index (χ4v) is 4.31. The molecular formula is C21H27ClN2O4. The first kappa shape index (κ1) is 20.6. The Bertz CT molecular complexity index is 823. The van der Waals surface area contributed by atoms with Crippen molar-refractivity contribution < 1.29 is 19.1 Å². The molecule has 6 nitrogen and oxygen atoms in total. The Kier molecular flexibility index (Phi) is 5.71. The smallest absolute Gasteiger partial charge is 0.331 e. The predicted octanol–water partition coefficient (Wildman–Crippen LogP) is 4.18. The van der Waals surface area contributed by atoms with Gasteiger partial charge in [0.25, 0.3) is 5.91 Å². The quantitative estimate of drug-likeness (QED) is 0.462. The van der Waals surface area contributed by atoms with Gasteiger partial charge in [0.15, 0.2) is 0 Å². The van der Waals surface area contributed by atoms with E-state index < -0.39 is 24.1 Å². The standard InChI is InChI=1S/C21H27ClN2O4/c1-12(2)15-10-16(22)13(3)9-17(15)28-18(25)11-24-19(26)21(23-20(24)27)8-6-5-7-14(21)4/h9-10,12,14H,5-8,11H2,1-4H3,(H,23,27)/t14-,21+/m1/s1. The molecule has 3 rings (SSSR count). The predicted molar refractivity (Wildman–Crippen MR) is 107 cm³/mol. The van der Waals surface area contributed by atoms with E-state index in [1.807, 2.05) is 27.7 Å². The number of hydrogen-bond acceptors (Lipinski definition) is 4. The first-order chi connectivity index (χ1) is 13.2. The number of carbonyl (C=O) groups excluding carboxylic acids is 3. The fourth-order valence-electron chi connectivity index (χ4n) is 4.13. The zero-order chi connectivity index (χ0) is 20.6. The van der Waals surface area contributed by atoms with Gasteiger partial charge < -0.3 is 10.1 Å². The van der Waals surface area contributed by atoms with Crippen LogP contribution >= 0.6 is 11.6 Å². The molecule has 1 saturated heterocycles. The summed E-state index contributed by atoms with van der Waals surface area (Å²) in [6.45, 7) is 7.35. The van der Waals surface area contributed by atoms with E-state index in [-0.39, 0.29) is 17.7 Å². The molecule has 1 N–H and O–H groups in total. The average molecular weight is 407 g/mol. The summed E-state index contributed by atoms with van der Waals surface area (Å²) in [6, 6.07) is 2.98. The average Bonchev–Trinajstić information content (AvgIpc) is 2.85. The molecular weight excluding hydrogens is 380 g/mol. The molecule has 0 aromatic heterocycles. The summed E-state index contributed by atoms with van der Waals surface area (Å²) in [6.07, 6.45) is 3.42. The number of nitrogens with one attached hydrogen (secondary N) is 1. The van der Waals surface area contributed by atoms with Crippen LogP contribution in [0.25, 0.3) is 0 Å². The van der Waals surface area contributed by atoms with Crippen molar-refractivity contribution in [3.8, 4) is 5.75 Å². The van der Waals surface area contributed by atoms with Crippen LogP contribution in [-0.4, -0.2) is 34.9 Å². The van der Waals surface area contributed by atoms with Crippen LogP contribution in [0.3, 0.4) is 0 Å². The Labute approximate surface area is 170 Å². The van der Waals surface area contributed by atoms with Crippen molar-refractivity contribution in [1.29, 1.82) is 0 Å². The molecule has 1 saturated carbocycles. The molecule has 152 valence electrons. The molecule has 2 aliphatic rings. The molecule has 2 atom stereocenters. The second-order valence-corrected chi connectivity index (χ2v) is 8.61. The number of hydrogen-bond donors (Lipinski definition) is 1. The van der Waals surface area contributed by atoms with Crippen molar-refractivity contribution >= 4 is 29.5 Å². The minimum absolute atomic E-state index is 0.0465. The summed E-state index contributed by atoms with van der Waals surface area (Å²) in [7, 11) is 0. The fraction of sp³-hybridized carbons (Fsp3) is 0.571. The van der Waals surface area contributed by atoms with Gasteiger partial charge in [-0.25, -0.2) is 9.59 Å². The highest BCUT2D eigenvalue weighted by molar-refractivity contribution is 6.31. The normalized spacial score (nSPS) is 24.8. The molecule has 1 aromatic carbocycles. The molecule has 0 radical (unpaired) electrons. The van der Waals surface area contributed by atoms with Crippen molar-refractivity contribution in [2.24, 2.45) is 5.92 Å². The van der Waals surface area contributed by atoms with Gasteiger partial charge in [0.1, 0.15) is 17.8 Å². The number of halogens is 1. The Morgan fingerprint density at radius 1 is 1.36 bits per heavy atom. The summed E-state index contributed by atoms with van der Waals surface area (Å²) >= 11 is 6.19. The summed E-state index contributed by atoms with van der Waals surface area (Å²) in [4.78, 5) is 39.0. The largest absolute Gasteiger partial charge is 0.425 e. The minimum Gasteiger partial charge on any atom is -0.425 e. The van der Waals surface area contributed by atoms with Crippen molar-refractivity contribution in [3.05, 3.63) is 28.3 Å². The van der Waals surface area contributed by atoms with E-state index in [0.29, 0.717) is 17.2 Å². The molecule has 28 heavy (non-hydrogen) atoms. The van der Waals surface area contributed by atoms with Gasteiger partial charge in [-0.3, -0.25) is 9.69 Å². The molecule has 1 spiro atoms. The van der Waals surface area contributed by atoms with Crippen LogP contribution in [0.2, 0.25) is 5.02 Å². The molecule has 0 unspecified atom stereocenters. The van der Waals surface area contributed by atoms with Crippen LogP contribution in [0.5, 0.6) is 5.75 Å². The number of esters is 1. The Morgan fingerprint density at radius 3 is 2.71 bits per heavy atom. The molecule has 0 bridgehead atoms. The summed E-state index contributed by atoms with van der Waals surface area (Å²) < 4.78 is 5.53. The number of ether oxygens (including phenoxy) is 1. The van der Waals surface area contributed by atoms with Crippen LogP contribution < -0.4 is 10.1 Å². The molecule has 7 heteroatoms. The lowest BCUT2D eigenvalue weighted by molar-refractivity contribution is -0.142. The third kappa shape index (κ3) is 3.62. The van der Waals surface area contributed by atoms with Crippen molar-refractivity contribution in [3.63, 3.8) is 0 Å². The maximum absolute atomic E-state index is 13.0. The third-order valence-corrected chi connectivity index (χ3v) is 6.33. The van der Waals surface area contributed by atoms with Crippen LogP contribution in [0.1, 0.15) is 63.5 Å². The number of rotatable bonds is 4. The lowest BCUT2D eigenvalue weighted by Gasteiger charge is -2.36. The number of urea groups is 1. The van der Waals surface area contributed by atoms with E-state index in [1.54, 1.807) is 12.1 Å². The lowest BCUT2D eigenvalue weighted by Crippen LogP contribution is -2.54. The number of aryl methyl sites for hydroxylation is 1. The zero-order valence-electron chi connectivity index (χ0n) is 16.8. The van der Waals surface area contributed by atoms with E-state index in [0.717, 1.165) is 35.3 Å². The monoisotopic (exact) mass is 406 g/mol. The molecule has 2 fully saturated rings. The highest BCUT2D eigenvalue weighted by atomic mass is 35.5. The van der Waals surface area contributed by atoms with Crippen molar-refractivity contribution in [2.45, 2.75) is 64.8 Å². The van der Waals surface area contributed by atoms with Gasteiger partial charge in [-0.1, -0.05) is 45.2 Å². The van der Waals surface area contributed by atoms with Gasteiger partial charge in [-0.15, -0.1) is 0 Å². The number of carbonyl (C=O) groups is 3. The second kappa shape index (κ2) is 7.74. The third-order valence-electron chi connectivity index (χ3n) is 5.93. The number of benzene rings is 1. The Morgan fingerprint density at radius 2 is 2.07 bits per heavy atom. The minimum atomic E-state index is -0.879. The van der Waals surface area contributed by atoms with Crippen LogP contribution in [-0.2, 0) is 9.59 Å². The molecule has 1 aliphatic carbocycles. The summed E-state index contributed by atoms with van der Waals surface area (Å²) in [5.74, 6) is -0.408. The second-order valence-electron chi connectivity index (χ2n) is 8.21. The zero-order valence-corrected chi connectivity index (χ0v) is 17.6. The number of imide groups is 1. The van der Waals surface area contributed by atoms with Gasteiger partial charge >= 0.3 is 12.0 Å². The van der Waals surface area contributed by atoms with Gasteiger partial charge in [0.05, 0.1) is 0 Å². The van der Waals surface area contributed by atoms with Gasteiger partial charge in [0.2, 0.25) is 0 Å². The number of nitrogens with zero attached hydrogens (tertiary/aromatic N) is 1. The van der Waals surface area contributed by atoms with Gasteiger partial charge in [-0.2, -0.15) is 0 Å². The highest BCUT2D eigenvalue weighted by Crippen LogP contribution is 2.38. The SMILES string of the molecule is Cc1cc(OC(=O)CN2C(=O)N[C@]3(CCCC[C@H]3C)C2=O)c(C(C)C)cc1Cl. The maximum Gasteiger partial charge on any atom is 0.331 e. The molecule has 1 aromatic rings. The molecule has 1 aliphatic heterocycles. The summed E-state index contributed by atoms with van der Waals surface area (Å²) in [5, 5.41) is 3.45. The lowest BCUT2D eigenvalue weighted by atomic mass is 9.73. The van der Waals surface area contributed by atoms with Gasteiger partial charge in [-0.05, 0) is 54.9 Å².